The molecule has 1 aliphatic rings. The van der Waals surface area contributed by atoms with Crippen molar-refractivity contribution in [3.63, 3.8) is 0 Å². The highest BCUT2D eigenvalue weighted by atomic mass is 19.4. The third kappa shape index (κ3) is 3.45. The highest BCUT2D eigenvalue weighted by Gasteiger charge is 2.61. The molecule has 0 amide bonds. The van der Waals surface area contributed by atoms with Gasteiger partial charge in [0.25, 0.3) is 0 Å². The molecule has 0 N–H and O–H groups in total. The molecule has 0 unspecified atom stereocenters. The summed E-state index contributed by atoms with van der Waals surface area (Å²) in [7, 11) is -0.886. The molecule has 9 heteroatoms. The van der Waals surface area contributed by atoms with Crippen molar-refractivity contribution >= 4 is 12.6 Å². The number of hydrogen-bond acceptors (Lipinski definition) is 3. The molecule has 1 heterocycles. The molecule has 1 aromatic carbocycles. The molecule has 1 fully saturated rings. The first-order valence-electron chi connectivity index (χ1n) is 6.84. The fourth-order valence-electron chi connectivity index (χ4n) is 1.91. The first-order valence-corrected chi connectivity index (χ1v) is 6.84. The molecule has 1 aromatic rings. The summed E-state index contributed by atoms with van der Waals surface area (Å²) in [5.41, 5.74) is -1.03. The molecule has 0 aromatic heterocycles. The highest BCUT2D eigenvalue weighted by Crippen LogP contribution is 2.38. The molecule has 1 saturated heterocycles. The molecular formula is C14H16BF5O3. The van der Waals surface area contributed by atoms with Gasteiger partial charge < -0.3 is 14.0 Å². The quantitative estimate of drug-likeness (QED) is 0.624. The Kier molecular flexibility index (Phi) is 4.18. The molecular weight excluding hydrogens is 322 g/mol. The van der Waals surface area contributed by atoms with Gasteiger partial charge >= 0.3 is 19.4 Å². The van der Waals surface area contributed by atoms with Crippen molar-refractivity contribution in [3.05, 3.63) is 24.3 Å². The van der Waals surface area contributed by atoms with Gasteiger partial charge in [-0.3, -0.25) is 0 Å². The van der Waals surface area contributed by atoms with Gasteiger partial charge in [-0.1, -0.05) is 12.1 Å². The van der Waals surface area contributed by atoms with Gasteiger partial charge in [0.05, 0.1) is 11.2 Å². The number of rotatable bonds is 3. The van der Waals surface area contributed by atoms with Crippen molar-refractivity contribution in [2.45, 2.75) is 51.2 Å². The van der Waals surface area contributed by atoms with Crippen LogP contribution in [0.5, 0.6) is 5.75 Å². The minimum Gasteiger partial charge on any atom is -0.426 e. The molecule has 2 rings (SSSR count). The zero-order valence-corrected chi connectivity index (χ0v) is 13.0. The molecule has 3 nitrogen and oxygen atoms in total. The SMILES string of the molecule is CC1(C)OB(c2cccc(OC(F)(F)C(F)(F)F)c2)OC1(C)C. The Bertz CT molecular complexity index is 570. The van der Waals surface area contributed by atoms with Gasteiger partial charge in [0, 0.05) is 0 Å². The Hall–Kier alpha value is -1.35. The summed E-state index contributed by atoms with van der Waals surface area (Å²) in [4.78, 5) is 0. The van der Waals surface area contributed by atoms with Gasteiger partial charge in [-0.25, -0.2) is 0 Å². The Morgan fingerprint density at radius 3 is 1.96 bits per heavy atom. The number of hydrogen-bond donors (Lipinski definition) is 0. The van der Waals surface area contributed by atoms with E-state index in [0.29, 0.717) is 5.46 Å². The second kappa shape index (κ2) is 5.34. The van der Waals surface area contributed by atoms with Crippen molar-refractivity contribution in [2.75, 3.05) is 0 Å². The Morgan fingerprint density at radius 2 is 1.48 bits per heavy atom. The van der Waals surface area contributed by atoms with E-state index in [1.54, 1.807) is 27.7 Å². The fourth-order valence-corrected chi connectivity index (χ4v) is 1.91. The number of ether oxygens (including phenoxy) is 1. The molecule has 0 saturated carbocycles. The molecule has 0 atom stereocenters. The zero-order valence-electron chi connectivity index (χ0n) is 13.0. The first-order chi connectivity index (χ1) is 10.3. The summed E-state index contributed by atoms with van der Waals surface area (Å²) >= 11 is 0. The lowest BCUT2D eigenvalue weighted by Crippen LogP contribution is -2.42. The van der Waals surface area contributed by atoms with Gasteiger partial charge in [0.15, 0.2) is 0 Å². The van der Waals surface area contributed by atoms with Crippen molar-refractivity contribution in [3.8, 4) is 5.75 Å². The molecule has 0 aliphatic carbocycles. The number of alkyl halides is 5. The van der Waals surface area contributed by atoms with E-state index in [1.165, 1.54) is 12.1 Å². The first kappa shape index (κ1) is 18.0. The monoisotopic (exact) mass is 338 g/mol. The van der Waals surface area contributed by atoms with Gasteiger partial charge in [-0.2, -0.15) is 22.0 Å². The topological polar surface area (TPSA) is 27.7 Å². The van der Waals surface area contributed by atoms with Crippen LogP contribution < -0.4 is 10.2 Å². The normalized spacial score (nSPS) is 20.7. The molecule has 1 aliphatic heterocycles. The van der Waals surface area contributed by atoms with Crippen LogP contribution in [-0.2, 0) is 9.31 Å². The summed E-state index contributed by atoms with van der Waals surface area (Å²) in [5.74, 6) is -0.625. The Morgan fingerprint density at radius 1 is 0.957 bits per heavy atom. The summed E-state index contributed by atoms with van der Waals surface area (Å²) in [6.45, 7) is 7.19. The van der Waals surface area contributed by atoms with Gasteiger partial charge in [-0.05, 0) is 45.3 Å². The van der Waals surface area contributed by atoms with E-state index in [-0.39, 0.29) is 0 Å². The van der Waals surface area contributed by atoms with Crippen LogP contribution in [0.25, 0.3) is 0 Å². The van der Waals surface area contributed by atoms with E-state index in [4.69, 9.17) is 9.31 Å². The maximum Gasteiger partial charge on any atom is 0.499 e. The van der Waals surface area contributed by atoms with E-state index >= 15 is 0 Å². The van der Waals surface area contributed by atoms with Crippen LogP contribution in [0.3, 0.4) is 0 Å². The lowest BCUT2D eigenvalue weighted by atomic mass is 9.79. The zero-order chi connectivity index (χ0) is 17.7. The molecule has 0 radical (unpaired) electrons. The lowest BCUT2D eigenvalue weighted by molar-refractivity contribution is -0.360. The van der Waals surface area contributed by atoms with Crippen molar-refractivity contribution in [2.24, 2.45) is 0 Å². The predicted molar refractivity (Wildman–Crippen MR) is 73.8 cm³/mol. The van der Waals surface area contributed by atoms with Crippen LogP contribution in [0.4, 0.5) is 22.0 Å². The van der Waals surface area contributed by atoms with Crippen LogP contribution in [0.2, 0.25) is 0 Å². The molecule has 0 bridgehead atoms. The minimum absolute atomic E-state index is 0.291. The lowest BCUT2D eigenvalue weighted by Gasteiger charge is -2.32. The van der Waals surface area contributed by atoms with E-state index < -0.39 is 36.4 Å². The van der Waals surface area contributed by atoms with Crippen LogP contribution >= 0.6 is 0 Å². The smallest absolute Gasteiger partial charge is 0.426 e. The average molecular weight is 338 g/mol. The maximum atomic E-state index is 13.0. The highest BCUT2D eigenvalue weighted by molar-refractivity contribution is 6.62. The number of halogens is 5. The van der Waals surface area contributed by atoms with E-state index in [2.05, 4.69) is 4.74 Å². The minimum atomic E-state index is -5.80. The Balaban J connectivity index is 2.22. The third-order valence-electron chi connectivity index (χ3n) is 3.96. The molecule has 128 valence electrons. The fraction of sp³-hybridized carbons (Fsp3) is 0.571. The average Bonchev–Trinajstić information content (AvgIpc) is 2.57. The summed E-state index contributed by atoms with van der Waals surface area (Å²) in [5, 5.41) is 0. The van der Waals surface area contributed by atoms with Gasteiger partial charge in [0.2, 0.25) is 0 Å². The third-order valence-corrected chi connectivity index (χ3v) is 3.96. The molecule has 0 spiro atoms. The second-order valence-electron chi connectivity index (χ2n) is 6.28. The van der Waals surface area contributed by atoms with Crippen molar-refractivity contribution in [1.82, 2.24) is 0 Å². The van der Waals surface area contributed by atoms with E-state index in [1.807, 2.05) is 0 Å². The van der Waals surface area contributed by atoms with Crippen LogP contribution in [0.15, 0.2) is 24.3 Å². The van der Waals surface area contributed by atoms with E-state index in [0.717, 1.165) is 12.1 Å². The summed E-state index contributed by atoms with van der Waals surface area (Å²) in [6, 6.07) is 4.85. The summed E-state index contributed by atoms with van der Waals surface area (Å²) in [6.07, 6.45) is -11.1. The second-order valence-corrected chi connectivity index (χ2v) is 6.28. The largest absolute Gasteiger partial charge is 0.499 e. The van der Waals surface area contributed by atoms with Crippen LogP contribution in [0.1, 0.15) is 27.7 Å². The Labute approximate surface area is 130 Å². The molecule has 23 heavy (non-hydrogen) atoms. The van der Waals surface area contributed by atoms with Crippen LogP contribution in [0, 0.1) is 0 Å². The van der Waals surface area contributed by atoms with Gasteiger partial charge in [-0.15, -0.1) is 0 Å². The van der Waals surface area contributed by atoms with Crippen molar-refractivity contribution in [1.29, 1.82) is 0 Å². The van der Waals surface area contributed by atoms with Crippen molar-refractivity contribution < 1.29 is 36.0 Å². The van der Waals surface area contributed by atoms with Gasteiger partial charge in [0.1, 0.15) is 5.75 Å². The van der Waals surface area contributed by atoms with Crippen LogP contribution in [-0.4, -0.2) is 30.6 Å². The standard InChI is InChI=1S/C14H16BF5O3/c1-11(2)12(3,4)23-15(22-11)9-6-5-7-10(8-9)21-14(19,20)13(16,17)18/h5-8H,1-4H3. The maximum absolute atomic E-state index is 13.0. The predicted octanol–water partition coefficient (Wildman–Crippen LogP) is 3.52. The van der Waals surface area contributed by atoms with E-state index in [9.17, 15) is 22.0 Å². The summed E-state index contributed by atoms with van der Waals surface area (Å²) < 4.78 is 77.8. The number of benzene rings is 1.